The Labute approximate surface area is 192 Å². The number of para-hydroxylation sites is 1. The molecule has 0 radical (unpaired) electrons. The Morgan fingerprint density at radius 1 is 0.839 bits per heavy atom. The topological polar surface area (TPSA) is 23.6 Å². The molecule has 0 N–H and O–H groups in total. The Kier molecular flexibility index (Phi) is 6.83. The van der Waals surface area contributed by atoms with Crippen LogP contribution in [-0.4, -0.2) is 37.0 Å². The third-order valence-corrected chi connectivity index (χ3v) is 7.38. The molecule has 31 heavy (non-hydrogen) atoms. The maximum Gasteiger partial charge on any atom is 0.227 e. The minimum Gasteiger partial charge on any atom is -0.312 e. The number of fused-ring (bicyclic) bond motifs is 3. The first-order valence-electron chi connectivity index (χ1n) is 11.6. The molecule has 2 aromatic rings. The zero-order valence-electron chi connectivity index (χ0n) is 18.3. The van der Waals surface area contributed by atoms with Crippen molar-refractivity contribution in [2.24, 2.45) is 0 Å². The van der Waals surface area contributed by atoms with Gasteiger partial charge in [0.25, 0.3) is 0 Å². The van der Waals surface area contributed by atoms with Crippen molar-refractivity contribution < 1.29 is 4.79 Å². The molecule has 2 aliphatic heterocycles. The van der Waals surface area contributed by atoms with Crippen LogP contribution in [0.15, 0.2) is 54.6 Å². The largest absolute Gasteiger partial charge is 0.312 e. The van der Waals surface area contributed by atoms with E-state index in [0.29, 0.717) is 12.3 Å². The second kappa shape index (κ2) is 9.58. The first kappa shape index (κ1) is 22.1. The summed E-state index contributed by atoms with van der Waals surface area (Å²) in [6, 6.07) is 17.3. The third-order valence-electron chi connectivity index (χ3n) is 7.38. The fraction of sp³-hybridized carbons (Fsp3) is 0.444. The van der Waals surface area contributed by atoms with Crippen LogP contribution in [0.2, 0.25) is 0 Å². The van der Waals surface area contributed by atoms with Gasteiger partial charge in [0.1, 0.15) is 0 Å². The van der Waals surface area contributed by atoms with E-state index in [4.69, 9.17) is 0 Å². The standard InChI is InChI=1S/C27H32N2O.ClH/c30-26-13-12-23-9-3-5-11-25(23)29(26)19-7-1-6-18-28-20-16-27(17-21-28)15-14-22-8-2-4-10-24(22)27;/h2-5,8-11,14-15H,1,6-7,12-13,16-21H2;1H. The van der Waals surface area contributed by atoms with Gasteiger partial charge in [0.15, 0.2) is 0 Å². The highest BCUT2D eigenvalue weighted by Gasteiger charge is 2.37. The number of carbonyl (C=O) groups excluding carboxylic acids is 1. The van der Waals surface area contributed by atoms with Crippen molar-refractivity contribution in [3.63, 3.8) is 0 Å². The summed E-state index contributed by atoms with van der Waals surface area (Å²) in [4.78, 5) is 17.1. The number of hydrogen-bond donors (Lipinski definition) is 0. The summed E-state index contributed by atoms with van der Waals surface area (Å²) < 4.78 is 0. The summed E-state index contributed by atoms with van der Waals surface area (Å²) in [7, 11) is 0. The molecule has 1 amide bonds. The number of benzene rings is 2. The molecule has 1 spiro atoms. The average molecular weight is 437 g/mol. The Morgan fingerprint density at radius 3 is 2.45 bits per heavy atom. The van der Waals surface area contributed by atoms with E-state index in [1.165, 1.54) is 62.0 Å². The van der Waals surface area contributed by atoms with Gasteiger partial charge in [-0.15, -0.1) is 12.4 Å². The normalized spacial score (nSPS) is 19.2. The van der Waals surface area contributed by atoms with E-state index in [-0.39, 0.29) is 17.8 Å². The Morgan fingerprint density at radius 2 is 1.58 bits per heavy atom. The lowest BCUT2D eigenvalue weighted by Gasteiger charge is -2.39. The van der Waals surface area contributed by atoms with Crippen LogP contribution < -0.4 is 4.90 Å². The van der Waals surface area contributed by atoms with E-state index >= 15 is 0 Å². The molecular weight excluding hydrogens is 404 g/mol. The predicted molar refractivity (Wildman–Crippen MR) is 131 cm³/mol. The van der Waals surface area contributed by atoms with Crippen LogP contribution in [0.5, 0.6) is 0 Å². The summed E-state index contributed by atoms with van der Waals surface area (Å²) in [6.45, 7) is 4.43. The Balaban J connectivity index is 0.00000231. The summed E-state index contributed by atoms with van der Waals surface area (Å²) in [5.41, 5.74) is 5.70. The highest BCUT2D eigenvalue weighted by Crippen LogP contribution is 2.43. The zero-order valence-corrected chi connectivity index (χ0v) is 19.1. The van der Waals surface area contributed by atoms with Crippen LogP contribution in [0.3, 0.4) is 0 Å². The minimum absolute atomic E-state index is 0. The lowest BCUT2D eigenvalue weighted by atomic mass is 9.74. The van der Waals surface area contributed by atoms with E-state index in [1.54, 1.807) is 0 Å². The van der Waals surface area contributed by atoms with Gasteiger partial charge in [-0.2, -0.15) is 0 Å². The SMILES string of the molecule is Cl.O=C1CCc2ccccc2N1CCCCCN1CCC2(C=Cc3ccccc32)CC1. The van der Waals surface area contributed by atoms with Crippen LogP contribution in [0.25, 0.3) is 6.08 Å². The fourth-order valence-electron chi connectivity index (χ4n) is 5.57. The molecule has 0 atom stereocenters. The molecule has 164 valence electrons. The van der Waals surface area contributed by atoms with E-state index < -0.39 is 0 Å². The first-order valence-corrected chi connectivity index (χ1v) is 11.6. The van der Waals surface area contributed by atoms with Gasteiger partial charge in [-0.25, -0.2) is 0 Å². The lowest BCUT2D eigenvalue weighted by Crippen LogP contribution is -2.41. The van der Waals surface area contributed by atoms with Gasteiger partial charge in [-0.1, -0.05) is 61.0 Å². The highest BCUT2D eigenvalue weighted by molar-refractivity contribution is 5.96. The van der Waals surface area contributed by atoms with E-state index in [9.17, 15) is 4.79 Å². The van der Waals surface area contributed by atoms with Gasteiger partial charge in [-0.05, 0) is 74.5 Å². The number of hydrogen-bond acceptors (Lipinski definition) is 2. The maximum absolute atomic E-state index is 12.4. The molecule has 4 heteroatoms. The molecule has 1 fully saturated rings. The van der Waals surface area contributed by atoms with Crippen molar-refractivity contribution in [2.75, 3.05) is 31.1 Å². The van der Waals surface area contributed by atoms with Crippen molar-refractivity contribution in [3.8, 4) is 0 Å². The molecule has 2 heterocycles. The number of nitrogens with zero attached hydrogens (tertiary/aromatic N) is 2. The number of piperidine rings is 1. The molecule has 1 aliphatic carbocycles. The van der Waals surface area contributed by atoms with Crippen molar-refractivity contribution in [3.05, 3.63) is 71.3 Å². The summed E-state index contributed by atoms with van der Waals surface area (Å²) >= 11 is 0. The van der Waals surface area contributed by atoms with Gasteiger partial charge in [0, 0.05) is 24.1 Å². The van der Waals surface area contributed by atoms with Gasteiger partial charge in [0.2, 0.25) is 5.91 Å². The molecule has 3 aliphatic rings. The number of aryl methyl sites for hydroxylation is 1. The number of rotatable bonds is 6. The molecule has 5 rings (SSSR count). The van der Waals surface area contributed by atoms with E-state index in [1.807, 2.05) is 11.0 Å². The number of allylic oxidation sites excluding steroid dienone is 1. The van der Waals surface area contributed by atoms with Gasteiger partial charge < -0.3 is 9.80 Å². The molecule has 3 nitrogen and oxygen atoms in total. The van der Waals surface area contributed by atoms with Crippen molar-refractivity contribution in [1.29, 1.82) is 0 Å². The maximum atomic E-state index is 12.4. The van der Waals surface area contributed by atoms with Crippen LogP contribution in [0.4, 0.5) is 5.69 Å². The molecular formula is C27H33ClN2O. The van der Waals surface area contributed by atoms with Gasteiger partial charge in [-0.3, -0.25) is 4.79 Å². The second-order valence-corrected chi connectivity index (χ2v) is 9.15. The summed E-state index contributed by atoms with van der Waals surface area (Å²) in [6.07, 6.45) is 12.3. The van der Waals surface area contributed by atoms with Gasteiger partial charge >= 0.3 is 0 Å². The number of halogens is 1. The van der Waals surface area contributed by atoms with Crippen LogP contribution in [0.1, 0.15) is 55.2 Å². The fourth-order valence-corrected chi connectivity index (χ4v) is 5.57. The van der Waals surface area contributed by atoms with Crippen LogP contribution in [-0.2, 0) is 16.6 Å². The van der Waals surface area contributed by atoms with E-state index in [2.05, 4.69) is 59.5 Å². The van der Waals surface area contributed by atoms with Crippen LogP contribution in [0, 0.1) is 0 Å². The molecule has 0 saturated carbocycles. The minimum atomic E-state index is 0. The summed E-state index contributed by atoms with van der Waals surface area (Å²) in [5.74, 6) is 0.292. The van der Waals surface area contributed by atoms with E-state index in [0.717, 1.165) is 25.1 Å². The molecule has 1 saturated heterocycles. The molecule has 0 bridgehead atoms. The molecule has 2 aromatic carbocycles. The molecule has 0 unspecified atom stereocenters. The second-order valence-electron chi connectivity index (χ2n) is 9.15. The summed E-state index contributed by atoms with van der Waals surface area (Å²) in [5, 5.41) is 0. The predicted octanol–water partition coefficient (Wildman–Crippen LogP) is 5.62. The highest BCUT2D eigenvalue weighted by atomic mass is 35.5. The number of anilines is 1. The molecule has 0 aromatic heterocycles. The zero-order chi connectivity index (χ0) is 20.4. The quantitative estimate of drug-likeness (QED) is 0.549. The van der Waals surface area contributed by atoms with Gasteiger partial charge in [0.05, 0.1) is 0 Å². The number of carbonyl (C=O) groups is 1. The Bertz CT molecular complexity index is 946. The van der Waals surface area contributed by atoms with Crippen LogP contribution >= 0.6 is 12.4 Å². The number of amides is 1. The monoisotopic (exact) mass is 436 g/mol. The number of likely N-dealkylation sites (tertiary alicyclic amines) is 1. The average Bonchev–Trinajstić information content (AvgIpc) is 3.14. The van der Waals surface area contributed by atoms with Crippen molar-refractivity contribution >= 4 is 30.1 Å². The smallest absolute Gasteiger partial charge is 0.227 e. The first-order chi connectivity index (χ1) is 14.8. The third kappa shape index (κ3) is 4.44. The lowest BCUT2D eigenvalue weighted by molar-refractivity contribution is -0.118. The van der Waals surface area contributed by atoms with Crippen molar-refractivity contribution in [1.82, 2.24) is 4.90 Å². The van der Waals surface area contributed by atoms with Crippen molar-refractivity contribution in [2.45, 2.75) is 50.4 Å². The number of unbranched alkanes of at least 4 members (excludes halogenated alkanes) is 2. The Hall–Kier alpha value is -2.10.